The topological polar surface area (TPSA) is 66.0 Å². The molecule has 0 saturated heterocycles. The summed E-state index contributed by atoms with van der Waals surface area (Å²) in [5.41, 5.74) is 5.95. The summed E-state index contributed by atoms with van der Waals surface area (Å²) in [4.78, 5) is 19.0. The number of aromatic amines is 1. The minimum Gasteiger partial charge on any atom is -0.477 e. The smallest absolute Gasteiger partial charge is 0.354 e. The second-order valence-corrected chi connectivity index (χ2v) is 7.32. The summed E-state index contributed by atoms with van der Waals surface area (Å²) in [6.07, 6.45) is 0.535. The number of aromatic carboxylic acids is 1. The van der Waals surface area contributed by atoms with E-state index >= 15 is 0 Å². The maximum atomic E-state index is 11.2. The Kier molecular flexibility index (Phi) is 4.26. The van der Waals surface area contributed by atoms with Crippen LogP contribution in [0.4, 0.5) is 0 Å². The van der Waals surface area contributed by atoms with E-state index in [0.29, 0.717) is 11.4 Å². The normalized spacial score (nSPS) is 11.2. The van der Waals surface area contributed by atoms with Crippen LogP contribution in [0, 0.1) is 6.92 Å². The zero-order valence-corrected chi connectivity index (χ0v) is 15.5. The molecule has 1 aromatic carbocycles. The molecule has 3 heterocycles. The highest BCUT2D eigenvalue weighted by Crippen LogP contribution is 2.35. The fourth-order valence-electron chi connectivity index (χ4n) is 3.09. The molecule has 0 bridgehead atoms. The summed E-state index contributed by atoms with van der Waals surface area (Å²) in [6, 6.07) is 11.2. The quantitative estimate of drug-likeness (QED) is 0.486. The Morgan fingerprint density at radius 1 is 1.31 bits per heavy atom. The molecule has 0 spiro atoms. The van der Waals surface area contributed by atoms with E-state index in [2.05, 4.69) is 27.5 Å². The molecule has 0 saturated carbocycles. The number of fused-ring (bicyclic) bond motifs is 1. The number of aryl methyl sites for hydroxylation is 1. The number of aromatic nitrogens is 2. The molecular weight excluding hydrogens is 368 g/mol. The third kappa shape index (κ3) is 3.00. The third-order valence-electron chi connectivity index (χ3n) is 4.38. The van der Waals surface area contributed by atoms with Gasteiger partial charge < -0.3 is 10.1 Å². The number of rotatable bonds is 4. The molecule has 6 heteroatoms. The summed E-state index contributed by atoms with van der Waals surface area (Å²) < 4.78 is 0. The molecule has 4 rings (SSSR count). The SMILES string of the molecule is Cc1cc2c(Cc3cccc(C(=O)O)n3)c(-c3ccsc3)[nH]c2cc1Cl. The maximum Gasteiger partial charge on any atom is 0.354 e. The Labute approximate surface area is 159 Å². The average Bonchev–Trinajstić information content (AvgIpc) is 3.25. The summed E-state index contributed by atoms with van der Waals surface area (Å²) in [6.45, 7) is 1.98. The standard InChI is InChI=1S/C20H15ClN2O2S/c1-11-7-14-15(8-13-3-2-4-17(22-13)20(24)25)19(12-5-6-26-10-12)23-18(14)9-16(11)21/h2-7,9-10,23H,8H2,1H3,(H,24,25). The molecule has 3 aromatic heterocycles. The largest absolute Gasteiger partial charge is 0.477 e. The Hall–Kier alpha value is -2.63. The number of hydrogen-bond acceptors (Lipinski definition) is 3. The van der Waals surface area contributed by atoms with Crippen molar-refractivity contribution in [2.24, 2.45) is 0 Å². The first-order valence-corrected chi connectivity index (χ1v) is 9.37. The van der Waals surface area contributed by atoms with Crippen molar-refractivity contribution < 1.29 is 9.90 Å². The molecule has 130 valence electrons. The lowest BCUT2D eigenvalue weighted by atomic mass is 10.0. The van der Waals surface area contributed by atoms with E-state index < -0.39 is 5.97 Å². The number of hydrogen-bond donors (Lipinski definition) is 2. The number of nitrogens with one attached hydrogen (secondary N) is 1. The average molecular weight is 383 g/mol. The van der Waals surface area contributed by atoms with Crippen LogP contribution in [0.3, 0.4) is 0 Å². The molecule has 4 aromatic rings. The van der Waals surface area contributed by atoms with Gasteiger partial charge in [-0.3, -0.25) is 0 Å². The van der Waals surface area contributed by atoms with E-state index in [9.17, 15) is 9.90 Å². The van der Waals surface area contributed by atoms with Gasteiger partial charge >= 0.3 is 5.97 Å². The van der Waals surface area contributed by atoms with E-state index in [1.165, 1.54) is 6.07 Å². The molecule has 0 unspecified atom stereocenters. The van der Waals surface area contributed by atoms with Crippen LogP contribution in [-0.4, -0.2) is 21.0 Å². The van der Waals surface area contributed by atoms with Gasteiger partial charge in [0.25, 0.3) is 0 Å². The van der Waals surface area contributed by atoms with Crippen LogP contribution in [0.15, 0.2) is 47.2 Å². The van der Waals surface area contributed by atoms with Crippen LogP contribution in [0.1, 0.15) is 27.3 Å². The number of carboxylic acids is 1. The molecule has 0 aliphatic rings. The third-order valence-corrected chi connectivity index (χ3v) is 5.47. The lowest BCUT2D eigenvalue weighted by Crippen LogP contribution is -2.03. The van der Waals surface area contributed by atoms with Gasteiger partial charge in [-0.1, -0.05) is 17.7 Å². The van der Waals surface area contributed by atoms with E-state index in [0.717, 1.165) is 39.0 Å². The first kappa shape index (κ1) is 16.8. The zero-order valence-electron chi connectivity index (χ0n) is 13.9. The maximum absolute atomic E-state index is 11.2. The van der Waals surface area contributed by atoms with Gasteiger partial charge in [0.1, 0.15) is 5.69 Å². The van der Waals surface area contributed by atoms with Gasteiger partial charge in [-0.05, 0) is 53.8 Å². The number of pyridine rings is 1. The van der Waals surface area contributed by atoms with Crippen molar-refractivity contribution in [3.05, 3.63) is 74.7 Å². The van der Waals surface area contributed by atoms with Crippen LogP contribution in [0.25, 0.3) is 22.2 Å². The monoisotopic (exact) mass is 382 g/mol. The summed E-state index contributed by atoms with van der Waals surface area (Å²) >= 11 is 7.93. The molecule has 0 aliphatic heterocycles. The number of halogens is 1. The Balaban J connectivity index is 1.89. The Morgan fingerprint density at radius 3 is 2.88 bits per heavy atom. The molecule has 0 aliphatic carbocycles. The Bertz CT molecular complexity index is 1120. The number of carbonyl (C=O) groups is 1. The predicted molar refractivity (Wildman–Crippen MR) is 105 cm³/mol. The highest BCUT2D eigenvalue weighted by Gasteiger charge is 2.16. The summed E-state index contributed by atoms with van der Waals surface area (Å²) in [5.74, 6) is -1.02. The second kappa shape index (κ2) is 6.59. The number of nitrogens with zero attached hydrogens (tertiary/aromatic N) is 1. The van der Waals surface area contributed by atoms with Crippen LogP contribution in [-0.2, 0) is 6.42 Å². The van der Waals surface area contributed by atoms with Crippen molar-refractivity contribution in [2.45, 2.75) is 13.3 Å². The molecule has 0 amide bonds. The van der Waals surface area contributed by atoms with Gasteiger partial charge in [0.2, 0.25) is 0 Å². The fraction of sp³-hybridized carbons (Fsp3) is 0.100. The van der Waals surface area contributed by atoms with Gasteiger partial charge in [-0.15, -0.1) is 0 Å². The van der Waals surface area contributed by atoms with E-state index in [-0.39, 0.29) is 5.69 Å². The second-order valence-electron chi connectivity index (χ2n) is 6.13. The van der Waals surface area contributed by atoms with Crippen molar-refractivity contribution in [2.75, 3.05) is 0 Å². The zero-order chi connectivity index (χ0) is 18.3. The van der Waals surface area contributed by atoms with Gasteiger partial charge in [0.15, 0.2) is 0 Å². The van der Waals surface area contributed by atoms with E-state index in [1.54, 1.807) is 17.4 Å². The molecule has 26 heavy (non-hydrogen) atoms. The lowest BCUT2D eigenvalue weighted by molar-refractivity contribution is 0.0690. The number of benzene rings is 1. The van der Waals surface area contributed by atoms with Crippen molar-refractivity contribution in [1.82, 2.24) is 9.97 Å². The molecule has 0 fully saturated rings. The summed E-state index contributed by atoms with van der Waals surface area (Å²) in [5, 5.41) is 15.1. The van der Waals surface area contributed by atoms with Crippen LogP contribution >= 0.6 is 22.9 Å². The van der Waals surface area contributed by atoms with Crippen LogP contribution in [0.5, 0.6) is 0 Å². The van der Waals surface area contributed by atoms with Crippen molar-refractivity contribution in [1.29, 1.82) is 0 Å². The summed E-state index contributed by atoms with van der Waals surface area (Å²) in [7, 11) is 0. The fourth-order valence-corrected chi connectivity index (χ4v) is 3.90. The highest BCUT2D eigenvalue weighted by atomic mass is 35.5. The van der Waals surface area contributed by atoms with Crippen LogP contribution < -0.4 is 0 Å². The number of thiophene rings is 1. The first-order valence-electron chi connectivity index (χ1n) is 8.05. The molecule has 2 N–H and O–H groups in total. The van der Waals surface area contributed by atoms with E-state index in [4.69, 9.17) is 11.6 Å². The molecule has 4 nitrogen and oxygen atoms in total. The van der Waals surface area contributed by atoms with Crippen LogP contribution in [0.2, 0.25) is 5.02 Å². The molecular formula is C20H15ClN2O2S. The van der Waals surface area contributed by atoms with Crippen molar-refractivity contribution in [3.8, 4) is 11.3 Å². The minimum atomic E-state index is -1.02. The first-order chi connectivity index (χ1) is 12.5. The number of H-pyrrole nitrogens is 1. The Morgan fingerprint density at radius 2 is 2.15 bits per heavy atom. The predicted octanol–water partition coefficient (Wildman–Crippen LogP) is 5.54. The van der Waals surface area contributed by atoms with Gasteiger partial charge in [-0.25, -0.2) is 9.78 Å². The number of carboxylic acid groups (broad SMARTS) is 1. The van der Waals surface area contributed by atoms with Gasteiger partial charge in [0.05, 0.1) is 5.69 Å². The molecule has 0 radical (unpaired) electrons. The van der Waals surface area contributed by atoms with Crippen molar-refractivity contribution in [3.63, 3.8) is 0 Å². The van der Waals surface area contributed by atoms with Gasteiger partial charge in [-0.2, -0.15) is 11.3 Å². The minimum absolute atomic E-state index is 0.0543. The van der Waals surface area contributed by atoms with Crippen molar-refractivity contribution >= 4 is 39.8 Å². The molecule has 0 atom stereocenters. The highest BCUT2D eigenvalue weighted by molar-refractivity contribution is 7.08. The van der Waals surface area contributed by atoms with E-state index in [1.807, 2.05) is 24.4 Å². The van der Waals surface area contributed by atoms with Gasteiger partial charge in [0, 0.05) is 39.0 Å². The lowest BCUT2D eigenvalue weighted by Gasteiger charge is -2.06.